The van der Waals surface area contributed by atoms with Crippen molar-refractivity contribution in [3.8, 4) is 0 Å². The second kappa shape index (κ2) is 5.47. The number of hydrogen-bond donors (Lipinski definition) is 1. The Morgan fingerprint density at radius 2 is 2.29 bits per heavy atom. The summed E-state index contributed by atoms with van der Waals surface area (Å²) in [6.07, 6.45) is 0. The second-order valence-corrected chi connectivity index (χ2v) is 5.46. The van der Waals surface area contributed by atoms with E-state index in [1.54, 1.807) is 18.4 Å². The van der Waals surface area contributed by atoms with Crippen LogP contribution in [0.25, 0.3) is 10.2 Å². The predicted octanol–water partition coefficient (Wildman–Crippen LogP) is 3.30. The SMILES string of the molecule is COCC(C)CNc1nc2ccc(C)cc2s1. The van der Waals surface area contributed by atoms with Gasteiger partial charge in [-0.3, -0.25) is 0 Å². The zero-order valence-corrected chi connectivity index (χ0v) is 11.3. The first-order valence-corrected chi connectivity index (χ1v) is 6.60. The number of fused-ring (bicyclic) bond motifs is 1. The molecule has 1 atom stereocenters. The van der Waals surface area contributed by atoms with E-state index in [0.717, 1.165) is 23.8 Å². The molecule has 0 fully saturated rings. The van der Waals surface area contributed by atoms with Crippen LogP contribution in [0.15, 0.2) is 18.2 Å². The van der Waals surface area contributed by atoms with Crippen molar-refractivity contribution < 1.29 is 4.74 Å². The highest BCUT2D eigenvalue weighted by atomic mass is 32.1. The summed E-state index contributed by atoms with van der Waals surface area (Å²) in [4.78, 5) is 4.55. The molecule has 0 bridgehead atoms. The van der Waals surface area contributed by atoms with E-state index < -0.39 is 0 Å². The Morgan fingerprint density at radius 3 is 3.06 bits per heavy atom. The van der Waals surface area contributed by atoms with E-state index >= 15 is 0 Å². The summed E-state index contributed by atoms with van der Waals surface area (Å²) in [6.45, 7) is 5.94. The molecule has 0 radical (unpaired) electrons. The molecule has 2 rings (SSSR count). The number of nitrogens with one attached hydrogen (secondary N) is 1. The van der Waals surface area contributed by atoms with Crippen LogP contribution in [0.5, 0.6) is 0 Å². The first-order chi connectivity index (χ1) is 8.19. The molecule has 0 spiro atoms. The van der Waals surface area contributed by atoms with E-state index in [4.69, 9.17) is 4.74 Å². The highest BCUT2D eigenvalue weighted by molar-refractivity contribution is 7.22. The van der Waals surface area contributed by atoms with Gasteiger partial charge in [-0.25, -0.2) is 4.98 Å². The number of anilines is 1. The molecule has 3 nitrogen and oxygen atoms in total. The molecule has 2 aromatic rings. The third-order valence-electron chi connectivity index (χ3n) is 2.60. The van der Waals surface area contributed by atoms with Gasteiger partial charge >= 0.3 is 0 Å². The van der Waals surface area contributed by atoms with Gasteiger partial charge in [0, 0.05) is 13.7 Å². The molecule has 0 saturated carbocycles. The van der Waals surface area contributed by atoms with Crippen molar-refractivity contribution in [2.24, 2.45) is 5.92 Å². The van der Waals surface area contributed by atoms with Gasteiger partial charge in [0.25, 0.3) is 0 Å². The number of thiazole rings is 1. The Bertz CT molecular complexity index is 495. The van der Waals surface area contributed by atoms with E-state index in [0.29, 0.717) is 5.92 Å². The van der Waals surface area contributed by atoms with Crippen LogP contribution >= 0.6 is 11.3 Å². The van der Waals surface area contributed by atoms with Crippen molar-refractivity contribution in [3.05, 3.63) is 23.8 Å². The first kappa shape index (κ1) is 12.3. The molecule has 1 aromatic carbocycles. The van der Waals surface area contributed by atoms with Crippen LogP contribution in [0.3, 0.4) is 0 Å². The van der Waals surface area contributed by atoms with E-state index in [9.17, 15) is 0 Å². The summed E-state index contributed by atoms with van der Waals surface area (Å²) in [5.74, 6) is 0.494. The fraction of sp³-hybridized carbons (Fsp3) is 0.462. The number of nitrogens with zero attached hydrogens (tertiary/aromatic N) is 1. The maximum absolute atomic E-state index is 5.11. The lowest BCUT2D eigenvalue weighted by molar-refractivity contribution is 0.164. The van der Waals surface area contributed by atoms with Crippen LogP contribution in [0.1, 0.15) is 12.5 Å². The number of hydrogen-bond acceptors (Lipinski definition) is 4. The van der Waals surface area contributed by atoms with Crippen LogP contribution in [0, 0.1) is 12.8 Å². The molecule has 0 aliphatic carbocycles. The van der Waals surface area contributed by atoms with Crippen molar-refractivity contribution >= 4 is 26.7 Å². The molecule has 1 unspecified atom stereocenters. The number of aromatic nitrogens is 1. The van der Waals surface area contributed by atoms with Gasteiger partial charge in [0.2, 0.25) is 0 Å². The van der Waals surface area contributed by atoms with Crippen LogP contribution in [-0.2, 0) is 4.74 Å². The number of rotatable bonds is 5. The molecule has 0 saturated heterocycles. The summed E-state index contributed by atoms with van der Waals surface area (Å²) in [5.41, 5.74) is 2.35. The average Bonchev–Trinajstić information content (AvgIpc) is 2.68. The molecule has 0 amide bonds. The van der Waals surface area contributed by atoms with Gasteiger partial charge in [-0.15, -0.1) is 0 Å². The molecule has 1 heterocycles. The Kier molecular flexibility index (Phi) is 3.97. The molecule has 1 aromatic heterocycles. The minimum atomic E-state index is 0.494. The van der Waals surface area contributed by atoms with Crippen LogP contribution in [-0.4, -0.2) is 25.2 Å². The molecule has 4 heteroatoms. The zero-order valence-electron chi connectivity index (χ0n) is 10.5. The molecule has 92 valence electrons. The lowest BCUT2D eigenvalue weighted by Gasteiger charge is -2.09. The average molecular weight is 250 g/mol. The van der Waals surface area contributed by atoms with Crippen molar-refractivity contribution in [1.82, 2.24) is 4.98 Å². The summed E-state index contributed by atoms with van der Waals surface area (Å²) < 4.78 is 6.35. The van der Waals surface area contributed by atoms with E-state index in [1.807, 2.05) is 0 Å². The lowest BCUT2D eigenvalue weighted by atomic mass is 10.2. The quantitative estimate of drug-likeness (QED) is 0.884. The minimum Gasteiger partial charge on any atom is -0.384 e. The Labute approximate surface area is 106 Å². The summed E-state index contributed by atoms with van der Waals surface area (Å²) >= 11 is 1.71. The second-order valence-electron chi connectivity index (χ2n) is 4.43. The van der Waals surface area contributed by atoms with Gasteiger partial charge in [0.15, 0.2) is 5.13 Å². The minimum absolute atomic E-state index is 0.494. The van der Waals surface area contributed by atoms with Crippen LogP contribution < -0.4 is 5.32 Å². The van der Waals surface area contributed by atoms with Gasteiger partial charge in [-0.1, -0.05) is 24.3 Å². The normalized spacial score (nSPS) is 12.9. The molecule has 1 N–H and O–H groups in total. The van der Waals surface area contributed by atoms with E-state index in [2.05, 4.69) is 42.3 Å². The highest BCUT2D eigenvalue weighted by Gasteiger charge is 2.05. The van der Waals surface area contributed by atoms with Crippen LogP contribution in [0.4, 0.5) is 5.13 Å². The van der Waals surface area contributed by atoms with E-state index in [-0.39, 0.29) is 0 Å². The number of aryl methyl sites for hydroxylation is 1. The van der Waals surface area contributed by atoms with Gasteiger partial charge in [-0.2, -0.15) is 0 Å². The van der Waals surface area contributed by atoms with Crippen molar-refractivity contribution in [2.75, 3.05) is 25.6 Å². The third-order valence-corrected chi connectivity index (χ3v) is 3.57. The highest BCUT2D eigenvalue weighted by Crippen LogP contribution is 2.26. The van der Waals surface area contributed by atoms with Gasteiger partial charge in [0.05, 0.1) is 16.8 Å². The number of methoxy groups -OCH3 is 1. The number of benzene rings is 1. The maximum Gasteiger partial charge on any atom is 0.183 e. The Hall–Kier alpha value is -1.13. The Morgan fingerprint density at radius 1 is 1.47 bits per heavy atom. The maximum atomic E-state index is 5.11. The fourth-order valence-electron chi connectivity index (χ4n) is 1.71. The summed E-state index contributed by atoms with van der Waals surface area (Å²) in [7, 11) is 1.73. The predicted molar refractivity (Wildman–Crippen MR) is 73.9 cm³/mol. The van der Waals surface area contributed by atoms with Crippen molar-refractivity contribution in [3.63, 3.8) is 0 Å². The third kappa shape index (κ3) is 3.17. The monoisotopic (exact) mass is 250 g/mol. The zero-order chi connectivity index (χ0) is 12.3. The molecule has 0 aliphatic rings. The van der Waals surface area contributed by atoms with Crippen molar-refractivity contribution in [1.29, 1.82) is 0 Å². The van der Waals surface area contributed by atoms with E-state index in [1.165, 1.54) is 10.3 Å². The molecular formula is C13H18N2OS. The van der Waals surface area contributed by atoms with Gasteiger partial charge < -0.3 is 10.1 Å². The molecule has 17 heavy (non-hydrogen) atoms. The van der Waals surface area contributed by atoms with Crippen LogP contribution in [0.2, 0.25) is 0 Å². The van der Waals surface area contributed by atoms with Gasteiger partial charge in [0.1, 0.15) is 0 Å². The Balaban J connectivity index is 2.04. The molecule has 0 aliphatic heterocycles. The summed E-state index contributed by atoms with van der Waals surface area (Å²) in [6, 6.07) is 6.35. The molecular weight excluding hydrogens is 232 g/mol. The standard InChI is InChI=1S/C13H18N2OS/c1-9-4-5-11-12(6-9)17-13(15-11)14-7-10(2)8-16-3/h4-6,10H,7-8H2,1-3H3,(H,14,15). The van der Waals surface area contributed by atoms with Gasteiger partial charge in [-0.05, 0) is 30.5 Å². The first-order valence-electron chi connectivity index (χ1n) is 5.79. The lowest BCUT2D eigenvalue weighted by Crippen LogP contribution is -2.15. The topological polar surface area (TPSA) is 34.1 Å². The largest absolute Gasteiger partial charge is 0.384 e. The smallest absolute Gasteiger partial charge is 0.183 e. The fourth-order valence-corrected chi connectivity index (χ4v) is 2.68. The number of ether oxygens (including phenoxy) is 1. The summed E-state index contributed by atoms with van der Waals surface area (Å²) in [5, 5.41) is 4.36. The van der Waals surface area contributed by atoms with Crippen molar-refractivity contribution in [2.45, 2.75) is 13.8 Å².